The van der Waals surface area contributed by atoms with Crippen molar-refractivity contribution < 1.29 is 19.1 Å². The van der Waals surface area contributed by atoms with Gasteiger partial charge in [-0.25, -0.2) is 0 Å². The third-order valence-corrected chi connectivity index (χ3v) is 5.68. The number of methoxy groups -OCH3 is 1. The van der Waals surface area contributed by atoms with Crippen molar-refractivity contribution in [3.8, 4) is 11.8 Å². The van der Waals surface area contributed by atoms with Crippen LogP contribution in [0.15, 0.2) is 24.3 Å². The summed E-state index contributed by atoms with van der Waals surface area (Å²) in [6.07, 6.45) is 0.980. The zero-order chi connectivity index (χ0) is 24.9. The van der Waals surface area contributed by atoms with Crippen LogP contribution in [0, 0.1) is 17.2 Å². The van der Waals surface area contributed by atoms with E-state index >= 15 is 0 Å². The molecule has 1 aliphatic rings. The molecule has 10 heteroatoms. The number of H-pyrrole nitrogens is 1. The summed E-state index contributed by atoms with van der Waals surface area (Å²) in [5.74, 6) is -0.600. The fourth-order valence-electron chi connectivity index (χ4n) is 4.09. The molecule has 1 aromatic heterocycles. The highest BCUT2D eigenvalue weighted by Gasteiger charge is 2.33. The molecule has 2 heterocycles. The van der Waals surface area contributed by atoms with Gasteiger partial charge in [0.05, 0.1) is 25.8 Å². The summed E-state index contributed by atoms with van der Waals surface area (Å²) in [6.45, 7) is 6.09. The smallest absolute Gasteiger partial charge is 0.268 e. The maximum atomic E-state index is 12.7. The first-order chi connectivity index (χ1) is 16.1. The topological polar surface area (TPSA) is 148 Å². The Kier molecular flexibility index (Phi) is 7.79. The summed E-state index contributed by atoms with van der Waals surface area (Å²) in [5.41, 5.74) is 0.677. The van der Waals surface area contributed by atoms with Crippen LogP contribution >= 0.6 is 0 Å². The Morgan fingerprint density at radius 3 is 2.71 bits per heavy atom. The minimum absolute atomic E-state index is 0.0748. The predicted molar refractivity (Wildman–Crippen MR) is 127 cm³/mol. The van der Waals surface area contributed by atoms with Crippen LogP contribution < -0.4 is 26.0 Å². The molecule has 182 valence electrons. The van der Waals surface area contributed by atoms with Gasteiger partial charge in [0.25, 0.3) is 5.91 Å². The molecule has 3 unspecified atom stereocenters. The summed E-state index contributed by atoms with van der Waals surface area (Å²) in [7, 11) is 1.56. The second-order valence-electron chi connectivity index (χ2n) is 9.47. The minimum Gasteiger partial charge on any atom is -0.496 e. The summed E-state index contributed by atoms with van der Waals surface area (Å²) >= 11 is 0. The molecule has 2 aromatic rings. The zero-order valence-electron chi connectivity index (χ0n) is 20.0. The second-order valence-corrected chi connectivity index (χ2v) is 9.47. The van der Waals surface area contributed by atoms with E-state index in [1.807, 2.05) is 32.9 Å². The van der Waals surface area contributed by atoms with Gasteiger partial charge >= 0.3 is 0 Å². The summed E-state index contributed by atoms with van der Waals surface area (Å²) in [6, 6.07) is 8.02. The first kappa shape index (κ1) is 25.1. The van der Waals surface area contributed by atoms with E-state index in [1.165, 1.54) is 0 Å². The average Bonchev–Trinajstić information content (AvgIpc) is 3.40. The first-order valence-electron chi connectivity index (χ1n) is 11.3. The van der Waals surface area contributed by atoms with Crippen LogP contribution in [0.3, 0.4) is 0 Å². The van der Waals surface area contributed by atoms with Crippen molar-refractivity contribution in [2.45, 2.75) is 51.2 Å². The van der Waals surface area contributed by atoms with Gasteiger partial charge in [-0.3, -0.25) is 19.7 Å². The Hall–Kier alpha value is -3.58. The van der Waals surface area contributed by atoms with E-state index in [-0.39, 0.29) is 23.9 Å². The second kappa shape index (κ2) is 10.6. The number of fused-ring (bicyclic) bond motifs is 1. The Morgan fingerprint density at radius 1 is 1.32 bits per heavy atom. The van der Waals surface area contributed by atoms with Crippen molar-refractivity contribution in [3.05, 3.63) is 30.0 Å². The quantitative estimate of drug-likeness (QED) is 0.373. The van der Waals surface area contributed by atoms with E-state index in [0.717, 1.165) is 10.9 Å². The highest BCUT2D eigenvalue weighted by atomic mass is 16.5. The molecule has 0 saturated carbocycles. The van der Waals surface area contributed by atoms with Crippen molar-refractivity contribution in [2.75, 3.05) is 20.2 Å². The molecule has 3 atom stereocenters. The Morgan fingerprint density at radius 2 is 2.09 bits per heavy atom. The highest BCUT2D eigenvalue weighted by Crippen LogP contribution is 2.26. The Balaban J connectivity index is 1.65. The molecule has 1 aromatic carbocycles. The fourth-order valence-corrected chi connectivity index (χ4v) is 4.09. The van der Waals surface area contributed by atoms with E-state index in [2.05, 4.69) is 32.3 Å². The largest absolute Gasteiger partial charge is 0.496 e. The number of hydrogen-bond donors (Lipinski definition) is 5. The lowest BCUT2D eigenvalue weighted by Gasteiger charge is -2.31. The number of hydrogen-bond acceptors (Lipinski definition) is 6. The maximum Gasteiger partial charge on any atom is 0.268 e. The van der Waals surface area contributed by atoms with Gasteiger partial charge in [-0.1, -0.05) is 6.07 Å². The molecule has 1 fully saturated rings. The molecule has 1 saturated heterocycles. The van der Waals surface area contributed by atoms with Crippen LogP contribution in [0.25, 0.3) is 10.9 Å². The third kappa shape index (κ3) is 6.26. The molecule has 1 aliphatic heterocycles. The van der Waals surface area contributed by atoms with E-state index in [1.54, 1.807) is 19.2 Å². The number of benzene rings is 1. The van der Waals surface area contributed by atoms with E-state index in [4.69, 9.17) is 4.74 Å². The molecule has 0 spiro atoms. The molecular weight excluding hydrogens is 436 g/mol. The van der Waals surface area contributed by atoms with Crippen molar-refractivity contribution in [1.29, 1.82) is 5.26 Å². The van der Waals surface area contributed by atoms with Crippen LogP contribution in [-0.2, 0) is 9.59 Å². The molecule has 10 nitrogen and oxygen atoms in total. The van der Waals surface area contributed by atoms with Crippen LogP contribution in [0.2, 0.25) is 0 Å². The fraction of sp³-hybridized carbons (Fsp3) is 0.500. The molecule has 0 radical (unpaired) electrons. The maximum absolute atomic E-state index is 12.7. The van der Waals surface area contributed by atoms with Crippen molar-refractivity contribution in [1.82, 2.24) is 26.3 Å². The van der Waals surface area contributed by atoms with Crippen molar-refractivity contribution in [2.24, 2.45) is 5.92 Å². The lowest BCUT2D eigenvalue weighted by Crippen LogP contribution is -2.56. The van der Waals surface area contributed by atoms with Crippen LogP contribution in [-0.4, -0.2) is 60.5 Å². The normalized spacial score (nSPS) is 17.5. The summed E-state index contributed by atoms with van der Waals surface area (Å²) in [4.78, 5) is 40.4. The van der Waals surface area contributed by atoms with Gasteiger partial charge in [-0.15, -0.1) is 0 Å². The number of rotatable bonds is 9. The Bertz CT molecular complexity index is 1100. The molecule has 0 bridgehead atoms. The number of nitrogens with zero attached hydrogens (tertiary/aromatic N) is 1. The Labute approximate surface area is 198 Å². The van der Waals surface area contributed by atoms with E-state index in [9.17, 15) is 19.6 Å². The van der Waals surface area contributed by atoms with Gasteiger partial charge in [-0.05, 0) is 51.8 Å². The number of aromatic amines is 1. The lowest BCUT2D eigenvalue weighted by atomic mass is 9.92. The summed E-state index contributed by atoms with van der Waals surface area (Å²) in [5, 5.41) is 21.9. The van der Waals surface area contributed by atoms with E-state index in [0.29, 0.717) is 30.8 Å². The monoisotopic (exact) mass is 468 g/mol. The van der Waals surface area contributed by atoms with Gasteiger partial charge < -0.3 is 25.7 Å². The molecule has 3 amide bonds. The SMILES string of the molecule is COc1cccc2[nH]c(C(=O)NCC(=O)NC(CC3CCNC3=O)C(C#N)NC(C)(C)C)cc12. The van der Waals surface area contributed by atoms with Crippen LogP contribution in [0.1, 0.15) is 44.1 Å². The van der Waals surface area contributed by atoms with Crippen molar-refractivity contribution >= 4 is 28.6 Å². The standard InChI is InChI=1S/C24H32N6O4/c1-24(2,3)30-19(12-25)17(10-14-8-9-26-22(14)32)29-21(31)13-27-23(33)18-11-15-16(28-18)6-5-7-20(15)34-4/h5-7,11,14,17,19,28,30H,8-10,13H2,1-4H3,(H,26,32)(H,27,33)(H,29,31). The van der Waals surface area contributed by atoms with Gasteiger partial charge in [0.2, 0.25) is 11.8 Å². The minimum atomic E-state index is -0.700. The lowest BCUT2D eigenvalue weighted by molar-refractivity contribution is -0.124. The predicted octanol–water partition coefficient (Wildman–Crippen LogP) is 1.20. The molecule has 0 aliphatic carbocycles. The molecule has 5 N–H and O–H groups in total. The molecule has 34 heavy (non-hydrogen) atoms. The number of ether oxygens (including phenoxy) is 1. The van der Waals surface area contributed by atoms with Gasteiger partial charge in [-0.2, -0.15) is 5.26 Å². The number of amides is 3. The first-order valence-corrected chi connectivity index (χ1v) is 11.3. The highest BCUT2D eigenvalue weighted by molar-refractivity contribution is 6.00. The molecule has 3 rings (SSSR count). The third-order valence-electron chi connectivity index (χ3n) is 5.68. The number of carbonyl (C=O) groups excluding carboxylic acids is 3. The zero-order valence-corrected chi connectivity index (χ0v) is 20.0. The van der Waals surface area contributed by atoms with Gasteiger partial charge in [0, 0.05) is 28.9 Å². The average molecular weight is 469 g/mol. The molecular formula is C24H32N6O4. The number of nitriles is 1. The van der Waals surface area contributed by atoms with Crippen LogP contribution in [0.5, 0.6) is 5.75 Å². The number of carbonyl (C=O) groups is 3. The number of aromatic nitrogens is 1. The van der Waals surface area contributed by atoms with Gasteiger partial charge in [0.15, 0.2) is 0 Å². The van der Waals surface area contributed by atoms with Crippen molar-refractivity contribution in [3.63, 3.8) is 0 Å². The number of nitrogens with one attached hydrogen (secondary N) is 5. The summed E-state index contributed by atoms with van der Waals surface area (Å²) < 4.78 is 5.32. The van der Waals surface area contributed by atoms with Gasteiger partial charge in [0.1, 0.15) is 17.5 Å². The van der Waals surface area contributed by atoms with Crippen LogP contribution in [0.4, 0.5) is 0 Å². The van der Waals surface area contributed by atoms with E-state index < -0.39 is 23.9 Å².